The van der Waals surface area contributed by atoms with Crippen LogP contribution in [0.4, 0.5) is 4.79 Å². The van der Waals surface area contributed by atoms with Crippen LogP contribution in [0, 0.1) is 0 Å². The topological polar surface area (TPSA) is 78.5 Å². The number of urea groups is 1. The third kappa shape index (κ3) is 2.47. The van der Waals surface area contributed by atoms with Crippen LogP contribution in [0.25, 0.3) is 0 Å². The van der Waals surface area contributed by atoms with Gasteiger partial charge in [-0.25, -0.2) is 4.79 Å². The monoisotopic (exact) mass is 253 g/mol. The Morgan fingerprint density at radius 1 is 1.28 bits per heavy atom. The molecule has 18 heavy (non-hydrogen) atoms. The SMILES string of the molecule is C[C@@H]1CC[C@H](C)N1C(=O)CC[C@@H]1NC(=O)NC1=O. The van der Waals surface area contributed by atoms with E-state index in [2.05, 4.69) is 10.6 Å². The van der Waals surface area contributed by atoms with Gasteiger partial charge in [-0.2, -0.15) is 0 Å². The summed E-state index contributed by atoms with van der Waals surface area (Å²) in [7, 11) is 0. The summed E-state index contributed by atoms with van der Waals surface area (Å²) in [6, 6.07) is -0.478. The highest BCUT2D eigenvalue weighted by atomic mass is 16.2. The number of hydrogen-bond donors (Lipinski definition) is 2. The van der Waals surface area contributed by atoms with E-state index in [1.165, 1.54) is 0 Å². The molecule has 0 spiro atoms. The summed E-state index contributed by atoms with van der Waals surface area (Å²) in [6.45, 7) is 4.09. The first-order valence-electron chi connectivity index (χ1n) is 6.41. The number of nitrogens with one attached hydrogen (secondary N) is 2. The fourth-order valence-corrected chi connectivity index (χ4v) is 2.75. The minimum absolute atomic E-state index is 0.0708. The molecule has 4 amide bonds. The van der Waals surface area contributed by atoms with Crippen LogP contribution in [0.15, 0.2) is 0 Å². The summed E-state index contributed by atoms with van der Waals surface area (Å²) < 4.78 is 0. The van der Waals surface area contributed by atoms with Gasteiger partial charge in [0.1, 0.15) is 6.04 Å². The first kappa shape index (κ1) is 12.9. The summed E-state index contributed by atoms with van der Waals surface area (Å²) in [5.74, 6) is -0.267. The van der Waals surface area contributed by atoms with E-state index in [4.69, 9.17) is 0 Å². The maximum absolute atomic E-state index is 12.1. The van der Waals surface area contributed by atoms with E-state index in [1.54, 1.807) is 0 Å². The quantitative estimate of drug-likeness (QED) is 0.713. The third-order valence-electron chi connectivity index (χ3n) is 3.75. The number of carbonyl (C=O) groups excluding carboxylic acids is 3. The summed E-state index contributed by atoms with van der Waals surface area (Å²) in [5, 5.41) is 4.67. The Bertz CT molecular complexity index is 373. The van der Waals surface area contributed by atoms with Gasteiger partial charge in [-0.3, -0.25) is 14.9 Å². The largest absolute Gasteiger partial charge is 0.337 e. The highest BCUT2D eigenvalue weighted by Crippen LogP contribution is 2.24. The summed E-state index contributed by atoms with van der Waals surface area (Å²) in [6.07, 6.45) is 2.74. The number of likely N-dealkylation sites (tertiary alicyclic amines) is 1. The maximum Gasteiger partial charge on any atom is 0.322 e. The predicted octanol–water partition coefficient (Wildman–Crippen LogP) is 0.374. The molecule has 0 aromatic heterocycles. The molecule has 6 heteroatoms. The maximum atomic E-state index is 12.1. The minimum atomic E-state index is -0.560. The zero-order valence-electron chi connectivity index (χ0n) is 10.7. The zero-order chi connectivity index (χ0) is 13.3. The fraction of sp³-hybridized carbons (Fsp3) is 0.750. The molecule has 0 aliphatic carbocycles. The van der Waals surface area contributed by atoms with Crippen LogP contribution >= 0.6 is 0 Å². The zero-order valence-corrected chi connectivity index (χ0v) is 10.7. The van der Waals surface area contributed by atoms with E-state index in [-0.39, 0.29) is 23.9 Å². The van der Waals surface area contributed by atoms with Gasteiger partial charge in [0, 0.05) is 18.5 Å². The van der Waals surface area contributed by atoms with Crippen LogP contribution in [0.1, 0.15) is 39.5 Å². The molecule has 0 unspecified atom stereocenters. The molecule has 0 saturated carbocycles. The van der Waals surface area contributed by atoms with Gasteiger partial charge in [-0.15, -0.1) is 0 Å². The lowest BCUT2D eigenvalue weighted by atomic mass is 10.1. The van der Waals surface area contributed by atoms with E-state index < -0.39 is 12.1 Å². The van der Waals surface area contributed by atoms with Crippen LogP contribution < -0.4 is 10.6 Å². The second kappa shape index (κ2) is 4.96. The van der Waals surface area contributed by atoms with Crippen molar-refractivity contribution in [2.45, 2.75) is 57.7 Å². The Morgan fingerprint density at radius 2 is 1.89 bits per heavy atom. The van der Waals surface area contributed by atoms with Gasteiger partial charge < -0.3 is 10.2 Å². The van der Waals surface area contributed by atoms with Crippen molar-refractivity contribution in [1.82, 2.24) is 15.5 Å². The Labute approximate surface area is 106 Å². The predicted molar refractivity (Wildman–Crippen MR) is 64.7 cm³/mol. The molecular weight excluding hydrogens is 234 g/mol. The van der Waals surface area contributed by atoms with Gasteiger partial charge in [-0.05, 0) is 33.1 Å². The average Bonchev–Trinajstić information content (AvgIpc) is 2.79. The van der Waals surface area contributed by atoms with Gasteiger partial charge in [0.25, 0.3) is 5.91 Å². The Balaban J connectivity index is 1.85. The molecule has 0 aromatic carbocycles. The van der Waals surface area contributed by atoms with Crippen LogP contribution in [0.3, 0.4) is 0 Å². The van der Waals surface area contributed by atoms with Gasteiger partial charge in [-0.1, -0.05) is 0 Å². The molecule has 2 saturated heterocycles. The van der Waals surface area contributed by atoms with Crippen molar-refractivity contribution < 1.29 is 14.4 Å². The normalized spacial score (nSPS) is 31.4. The molecule has 2 fully saturated rings. The second-order valence-corrected chi connectivity index (χ2v) is 5.13. The van der Waals surface area contributed by atoms with Crippen molar-refractivity contribution in [2.75, 3.05) is 0 Å². The lowest BCUT2D eigenvalue weighted by Gasteiger charge is -2.26. The van der Waals surface area contributed by atoms with E-state index in [1.807, 2.05) is 18.7 Å². The number of hydrogen-bond acceptors (Lipinski definition) is 3. The lowest BCUT2D eigenvalue weighted by molar-refractivity contribution is -0.133. The Morgan fingerprint density at radius 3 is 2.39 bits per heavy atom. The van der Waals surface area contributed by atoms with Crippen molar-refractivity contribution in [3.63, 3.8) is 0 Å². The van der Waals surface area contributed by atoms with Crippen LogP contribution in [0.5, 0.6) is 0 Å². The number of rotatable bonds is 3. The molecular formula is C12H19N3O3. The molecule has 6 nitrogen and oxygen atoms in total. The third-order valence-corrected chi connectivity index (χ3v) is 3.75. The van der Waals surface area contributed by atoms with Crippen molar-refractivity contribution in [1.29, 1.82) is 0 Å². The molecule has 0 radical (unpaired) electrons. The Kier molecular flexibility index (Phi) is 3.54. The highest BCUT2D eigenvalue weighted by molar-refractivity contribution is 6.04. The van der Waals surface area contributed by atoms with Crippen LogP contribution in [-0.4, -0.2) is 40.9 Å². The van der Waals surface area contributed by atoms with Crippen LogP contribution in [-0.2, 0) is 9.59 Å². The molecule has 100 valence electrons. The molecule has 2 aliphatic rings. The molecule has 2 N–H and O–H groups in total. The first-order chi connectivity index (χ1) is 8.49. The van der Waals surface area contributed by atoms with Gasteiger partial charge in [0.05, 0.1) is 0 Å². The minimum Gasteiger partial charge on any atom is -0.337 e. The summed E-state index contributed by atoms with van der Waals surface area (Å²) in [5.41, 5.74) is 0. The highest BCUT2D eigenvalue weighted by Gasteiger charge is 2.33. The summed E-state index contributed by atoms with van der Waals surface area (Å²) in [4.78, 5) is 36.2. The Hall–Kier alpha value is -1.59. The number of amides is 4. The number of imide groups is 1. The number of carbonyl (C=O) groups is 3. The smallest absolute Gasteiger partial charge is 0.322 e. The van der Waals surface area contributed by atoms with Crippen molar-refractivity contribution >= 4 is 17.8 Å². The second-order valence-electron chi connectivity index (χ2n) is 5.13. The van der Waals surface area contributed by atoms with Crippen LogP contribution in [0.2, 0.25) is 0 Å². The summed E-state index contributed by atoms with van der Waals surface area (Å²) >= 11 is 0. The first-order valence-corrected chi connectivity index (χ1v) is 6.41. The molecule has 0 aromatic rings. The van der Waals surface area contributed by atoms with E-state index >= 15 is 0 Å². The fourth-order valence-electron chi connectivity index (χ4n) is 2.75. The standard InChI is InChI=1S/C12H19N3O3/c1-7-3-4-8(2)15(7)10(16)6-5-9-11(17)14-12(18)13-9/h7-9H,3-6H2,1-2H3,(H2,13,14,17,18)/t7-,8+,9-/m0/s1. The number of nitrogens with zero attached hydrogens (tertiary/aromatic N) is 1. The van der Waals surface area contributed by atoms with Gasteiger partial charge in [0.2, 0.25) is 5.91 Å². The molecule has 3 atom stereocenters. The molecule has 2 heterocycles. The molecule has 2 aliphatic heterocycles. The van der Waals surface area contributed by atoms with E-state index in [0.29, 0.717) is 12.8 Å². The molecule has 0 bridgehead atoms. The van der Waals surface area contributed by atoms with Crippen molar-refractivity contribution in [3.05, 3.63) is 0 Å². The van der Waals surface area contributed by atoms with Gasteiger partial charge in [0.15, 0.2) is 0 Å². The molecule has 2 rings (SSSR count). The van der Waals surface area contributed by atoms with Gasteiger partial charge >= 0.3 is 6.03 Å². The van der Waals surface area contributed by atoms with E-state index in [9.17, 15) is 14.4 Å². The lowest BCUT2D eigenvalue weighted by Crippen LogP contribution is -2.39. The van der Waals surface area contributed by atoms with Crippen molar-refractivity contribution in [3.8, 4) is 0 Å². The van der Waals surface area contributed by atoms with E-state index in [0.717, 1.165) is 12.8 Å². The van der Waals surface area contributed by atoms with Crippen molar-refractivity contribution in [2.24, 2.45) is 0 Å². The average molecular weight is 253 g/mol.